The van der Waals surface area contributed by atoms with Crippen LogP contribution in [0.25, 0.3) is 10.8 Å². The van der Waals surface area contributed by atoms with Crippen molar-refractivity contribution in [1.29, 1.82) is 0 Å². The summed E-state index contributed by atoms with van der Waals surface area (Å²) in [6, 6.07) is 9.50. The SMILES string of the molecule is Cc1ccc2cc(SOOO)cc(SOOO)c2c1. The molecule has 0 aliphatic carbocycles. The van der Waals surface area contributed by atoms with E-state index in [1.165, 1.54) is 0 Å². The van der Waals surface area contributed by atoms with Gasteiger partial charge in [0.15, 0.2) is 0 Å². The second kappa shape index (κ2) is 7.08. The standard InChI is InChI=1S/C11H10O6S2/c1-7-2-3-8-5-9(18-16-14-12)6-11(10(8)4-7)19-17-15-13/h2-6,12-13H,1H3. The van der Waals surface area contributed by atoms with Crippen molar-refractivity contribution < 1.29 is 29.3 Å². The minimum Gasteiger partial charge on any atom is -0.220 e. The van der Waals surface area contributed by atoms with E-state index in [0.717, 1.165) is 45.3 Å². The molecule has 0 atom stereocenters. The van der Waals surface area contributed by atoms with E-state index in [-0.39, 0.29) is 0 Å². The van der Waals surface area contributed by atoms with E-state index < -0.39 is 0 Å². The predicted octanol–water partition coefficient (Wildman–Crippen LogP) is 4.00. The number of benzene rings is 2. The first-order chi connectivity index (χ1) is 9.24. The van der Waals surface area contributed by atoms with Gasteiger partial charge in [-0.15, -0.1) is 8.67 Å². The minimum atomic E-state index is 0.689. The van der Waals surface area contributed by atoms with Gasteiger partial charge in [0, 0.05) is 9.79 Å². The van der Waals surface area contributed by atoms with Crippen molar-refractivity contribution in [3.63, 3.8) is 0 Å². The van der Waals surface area contributed by atoms with Crippen molar-refractivity contribution >= 4 is 34.9 Å². The molecule has 19 heavy (non-hydrogen) atoms. The van der Waals surface area contributed by atoms with Crippen molar-refractivity contribution in [3.05, 3.63) is 35.9 Å². The van der Waals surface area contributed by atoms with E-state index in [1.807, 2.05) is 31.2 Å². The Hall–Kier alpha value is -0.840. The first-order valence-electron chi connectivity index (χ1n) is 5.08. The zero-order chi connectivity index (χ0) is 13.7. The van der Waals surface area contributed by atoms with Crippen molar-refractivity contribution in [1.82, 2.24) is 0 Å². The highest BCUT2D eigenvalue weighted by molar-refractivity contribution is 7.95. The van der Waals surface area contributed by atoms with Crippen LogP contribution in [0.5, 0.6) is 0 Å². The van der Waals surface area contributed by atoms with Crippen molar-refractivity contribution in [2.45, 2.75) is 16.7 Å². The van der Waals surface area contributed by atoms with Gasteiger partial charge in [0.25, 0.3) is 0 Å². The molecule has 0 unspecified atom stereocenters. The van der Waals surface area contributed by atoms with Gasteiger partial charge in [0.1, 0.15) is 0 Å². The highest BCUT2D eigenvalue weighted by Gasteiger charge is 2.08. The van der Waals surface area contributed by atoms with Crippen LogP contribution in [0.1, 0.15) is 5.56 Å². The summed E-state index contributed by atoms with van der Waals surface area (Å²) in [5.74, 6) is 0. The molecule has 0 amide bonds. The van der Waals surface area contributed by atoms with Crippen LogP contribution >= 0.6 is 24.1 Å². The molecule has 8 heteroatoms. The average molecular weight is 302 g/mol. The zero-order valence-corrected chi connectivity index (χ0v) is 11.4. The third-order valence-corrected chi connectivity index (χ3v) is 3.56. The molecule has 2 aromatic carbocycles. The van der Waals surface area contributed by atoms with Gasteiger partial charge < -0.3 is 0 Å². The topological polar surface area (TPSA) is 77.4 Å². The van der Waals surface area contributed by atoms with Gasteiger partial charge in [-0.05, 0) is 29.8 Å². The van der Waals surface area contributed by atoms with E-state index in [0.29, 0.717) is 4.90 Å². The van der Waals surface area contributed by atoms with Crippen LogP contribution < -0.4 is 0 Å². The largest absolute Gasteiger partial charge is 0.220 e. The number of fused-ring (bicyclic) bond motifs is 1. The Balaban J connectivity index is 2.42. The van der Waals surface area contributed by atoms with E-state index in [9.17, 15) is 0 Å². The monoisotopic (exact) mass is 302 g/mol. The van der Waals surface area contributed by atoms with Crippen LogP contribution in [0.15, 0.2) is 40.1 Å². The molecule has 0 fully saturated rings. The lowest BCUT2D eigenvalue weighted by molar-refractivity contribution is -0.432. The lowest BCUT2D eigenvalue weighted by Gasteiger charge is -2.08. The van der Waals surface area contributed by atoms with Gasteiger partial charge in [0.05, 0.1) is 24.1 Å². The van der Waals surface area contributed by atoms with Gasteiger partial charge in [-0.25, -0.2) is 10.5 Å². The second-order valence-electron chi connectivity index (χ2n) is 3.60. The molecule has 0 saturated carbocycles. The molecular formula is C11H10O6S2. The van der Waals surface area contributed by atoms with E-state index >= 15 is 0 Å². The normalized spacial score (nSPS) is 11.1. The first-order valence-corrected chi connectivity index (χ1v) is 6.57. The quantitative estimate of drug-likeness (QED) is 0.471. The summed E-state index contributed by atoms with van der Waals surface area (Å²) in [6.07, 6.45) is 0. The summed E-state index contributed by atoms with van der Waals surface area (Å²) >= 11 is 1.70. The Labute approximate surface area is 117 Å². The molecule has 2 N–H and O–H groups in total. The number of hydrogen-bond donors (Lipinski definition) is 2. The molecule has 0 radical (unpaired) electrons. The number of aryl methyl sites for hydroxylation is 1. The predicted molar refractivity (Wildman–Crippen MR) is 70.0 cm³/mol. The Morgan fingerprint density at radius 2 is 1.68 bits per heavy atom. The van der Waals surface area contributed by atoms with E-state index in [4.69, 9.17) is 10.5 Å². The zero-order valence-electron chi connectivity index (χ0n) is 9.73. The fourth-order valence-electron chi connectivity index (χ4n) is 1.63. The fourth-order valence-corrected chi connectivity index (χ4v) is 2.70. The van der Waals surface area contributed by atoms with Crippen LogP contribution in [0.2, 0.25) is 0 Å². The van der Waals surface area contributed by atoms with Gasteiger partial charge in [0.2, 0.25) is 0 Å². The maximum atomic E-state index is 8.24. The third kappa shape index (κ3) is 3.81. The molecule has 0 heterocycles. The Morgan fingerprint density at radius 3 is 2.42 bits per heavy atom. The molecule has 0 bridgehead atoms. The average Bonchev–Trinajstić information content (AvgIpc) is 2.42. The van der Waals surface area contributed by atoms with Crippen LogP contribution in [0.3, 0.4) is 0 Å². The fraction of sp³-hybridized carbons (Fsp3) is 0.0909. The smallest absolute Gasteiger partial charge is 0.0721 e. The molecule has 0 aliphatic heterocycles. The molecule has 0 aliphatic rings. The number of rotatable bonds is 6. The number of hydrogen-bond acceptors (Lipinski definition) is 8. The summed E-state index contributed by atoms with van der Waals surface area (Å²) in [5, 5.41) is 25.5. The van der Waals surface area contributed by atoms with Crippen molar-refractivity contribution in [2.24, 2.45) is 0 Å². The van der Waals surface area contributed by atoms with E-state index in [1.54, 1.807) is 6.07 Å². The minimum absolute atomic E-state index is 0.689. The van der Waals surface area contributed by atoms with Crippen molar-refractivity contribution in [3.8, 4) is 0 Å². The van der Waals surface area contributed by atoms with Gasteiger partial charge in [-0.3, -0.25) is 0 Å². The van der Waals surface area contributed by atoms with E-state index in [2.05, 4.69) is 18.7 Å². The Morgan fingerprint density at radius 1 is 0.947 bits per heavy atom. The lowest BCUT2D eigenvalue weighted by Crippen LogP contribution is -1.86. The highest BCUT2D eigenvalue weighted by Crippen LogP contribution is 2.34. The van der Waals surface area contributed by atoms with Crippen LogP contribution in [-0.2, 0) is 18.7 Å². The summed E-state index contributed by atoms with van der Waals surface area (Å²) in [4.78, 5) is 1.41. The molecule has 2 aromatic rings. The molecule has 0 aromatic heterocycles. The summed E-state index contributed by atoms with van der Waals surface area (Å²) in [7, 11) is 0. The van der Waals surface area contributed by atoms with Crippen LogP contribution in [-0.4, -0.2) is 10.5 Å². The molecule has 102 valence electrons. The Bertz CT molecular complexity index is 562. The van der Waals surface area contributed by atoms with Gasteiger partial charge in [-0.1, -0.05) is 33.8 Å². The second-order valence-corrected chi connectivity index (χ2v) is 5.11. The van der Waals surface area contributed by atoms with Crippen LogP contribution in [0.4, 0.5) is 0 Å². The Kier molecular flexibility index (Phi) is 5.43. The maximum Gasteiger partial charge on any atom is 0.0721 e. The summed E-state index contributed by atoms with van der Waals surface area (Å²) in [6.45, 7) is 1.97. The lowest BCUT2D eigenvalue weighted by atomic mass is 10.1. The van der Waals surface area contributed by atoms with Gasteiger partial charge in [-0.2, -0.15) is 0 Å². The summed E-state index contributed by atoms with van der Waals surface area (Å²) in [5.41, 5.74) is 1.09. The highest BCUT2D eigenvalue weighted by atomic mass is 32.2. The molecule has 2 rings (SSSR count). The van der Waals surface area contributed by atoms with Gasteiger partial charge >= 0.3 is 0 Å². The first kappa shape index (κ1) is 14.6. The van der Waals surface area contributed by atoms with Crippen molar-refractivity contribution in [2.75, 3.05) is 0 Å². The summed E-state index contributed by atoms with van der Waals surface area (Å²) < 4.78 is 8.86. The molecule has 6 nitrogen and oxygen atoms in total. The molecular weight excluding hydrogens is 292 g/mol. The maximum absolute atomic E-state index is 8.24. The third-order valence-electron chi connectivity index (χ3n) is 2.36. The van der Waals surface area contributed by atoms with Crippen LogP contribution in [0, 0.1) is 6.92 Å². The molecule has 0 saturated heterocycles. The molecule has 0 spiro atoms.